The van der Waals surface area contributed by atoms with Crippen molar-refractivity contribution in [2.75, 3.05) is 19.6 Å². The third kappa shape index (κ3) is 11.9. The number of nitrogens with zero attached hydrogens (tertiary/aromatic N) is 1. The van der Waals surface area contributed by atoms with Crippen molar-refractivity contribution >= 4 is 11.7 Å². The fourth-order valence-corrected chi connectivity index (χ4v) is 4.42. The molecule has 0 fully saturated rings. The summed E-state index contributed by atoms with van der Waals surface area (Å²) in [6, 6.07) is 9.31. The van der Waals surface area contributed by atoms with Gasteiger partial charge in [-0.05, 0) is 74.0 Å². The number of aryl methyl sites for hydroxylation is 2. The van der Waals surface area contributed by atoms with Crippen molar-refractivity contribution in [2.24, 2.45) is 5.73 Å². The summed E-state index contributed by atoms with van der Waals surface area (Å²) in [6.45, 7) is 1.91. The second kappa shape index (κ2) is 17.3. The lowest BCUT2D eigenvalue weighted by Gasteiger charge is -2.22. The maximum atomic E-state index is 12.7. The smallest absolute Gasteiger partial charge is 0.222 e. The maximum Gasteiger partial charge on any atom is 0.222 e. The molecule has 8 nitrogen and oxygen atoms in total. The van der Waals surface area contributed by atoms with Gasteiger partial charge in [0.25, 0.3) is 0 Å². The number of carbonyl (C=O) groups is 2. The van der Waals surface area contributed by atoms with Crippen LogP contribution in [0.25, 0.3) is 0 Å². The van der Waals surface area contributed by atoms with Gasteiger partial charge in [-0.2, -0.15) is 0 Å². The van der Waals surface area contributed by atoms with Crippen LogP contribution in [0.1, 0.15) is 81.8 Å². The molecule has 0 saturated heterocycles. The zero-order valence-corrected chi connectivity index (χ0v) is 22.4. The average Bonchev–Trinajstić information content (AvgIpc) is 2.90. The number of amides is 1. The fraction of sp³-hybridized carbons (Fsp3) is 0.533. The van der Waals surface area contributed by atoms with E-state index in [9.17, 15) is 30.0 Å². The molecule has 2 aromatic carbocycles. The van der Waals surface area contributed by atoms with Crippen LogP contribution in [0.2, 0.25) is 0 Å². The maximum absolute atomic E-state index is 12.7. The van der Waals surface area contributed by atoms with Gasteiger partial charge in [-0.15, -0.1) is 0 Å². The minimum Gasteiger partial charge on any atom is -0.504 e. The largest absolute Gasteiger partial charge is 0.504 e. The summed E-state index contributed by atoms with van der Waals surface area (Å²) in [4.78, 5) is 26.8. The Morgan fingerprint density at radius 3 is 1.66 bits per heavy atom. The van der Waals surface area contributed by atoms with Crippen molar-refractivity contribution in [3.63, 3.8) is 0 Å². The molecule has 0 aliphatic heterocycles. The van der Waals surface area contributed by atoms with Crippen molar-refractivity contribution in [3.8, 4) is 23.0 Å². The van der Waals surface area contributed by atoms with Crippen molar-refractivity contribution in [2.45, 2.75) is 83.5 Å². The molecule has 0 aromatic heterocycles. The number of Topliss-reactive ketones (excluding diaryl/α,β-unsaturated/α-hetero) is 1. The van der Waals surface area contributed by atoms with E-state index in [0.717, 1.165) is 62.5 Å². The minimum atomic E-state index is -0.172. The normalized spacial score (nSPS) is 11.0. The van der Waals surface area contributed by atoms with Crippen LogP contribution >= 0.6 is 0 Å². The summed E-state index contributed by atoms with van der Waals surface area (Å²) < 4.78 is 0. The van der Waals surface area contributed by atoms with E-state index in [-0.39, 0.29) is 34.7 Å². The van der Waals surface area contributed by atoms with Crippen LogP contribution < -0.4 is 5.73 Å². The van der Waals surface area contributed by atoms with Crippen molar-refractivity contribution in [1.29, 1.82) is 0 Å². The highest BCUT2D eigenvalue weighted by molar-refractivity contribution is 5.78. The molecule has 2 aromatic rings. The minimum absolute atomic E-state index is 0.0814. The lowest BCUT2D eigenvalue weighted by Crippen LogP contribution is -2.34. The standard InChI is InChI=1S/C30H44N2O6/c31-18-8-20-32(30(38)17-13-24-12-16-27(35)29(37)22-24)19-7-5-3-1-2-4-6-9-25(33)14-10-23-11-15-26(34)28(36)21-23/h11-12,15-16,21-22,34-37H,1-10,13-14,17-20,31H2. The molecule has 6 N–H and O–H groups in total. The first-order chi connectivity index (χ1) is 18.3. The Bertz CT molecular complexity index is 1010. The molecular weight excluding hydrogens is 484 g/mol. The van der Waals surface area contributed by atoms with E-state index in [1.807, 2.05) is 4.90 Å². The summed E-state index contributed by atoms with van der Waals surface area (Å²) in [6.07, 6.45) is 10.4. The molecular formula is C30H44N2O6. The molecule has 0 heterocycles. The first-order valence-electron chi connectivity index (χ1n) is 13.8. The molecule has 0 atom stereocenters. The Kier molecular flexibility index (Phi) is 14.1. The number of unbranched alkanes of at least 4 members (excludes halogenated alkanes) is 6. The number of nitrogens with two attached hydrogens (primary N) is 1. The monoisotopic (exact) mass is 528 g/mol. The van der Waals surface area contributed by atoms with Gasteiger partial charge >= 0.3 is 0 Å². The first-order valence-corrected chi connectivity index (χ1v) is 13.8. The second-order valence-electron chi connectivity index (χ2n) is 9.93. The van der Waals surface area contributed by atoms with Gasteiger partial charge in [0, 0.05) is 32.4 Å². The van der Waals surface area contributed by atoms with Crippen LogP contribution in [0, 0.1) is 0 Å². The number of phenolic OH excluding ortho intramolecular Hbond substituents is 4. The molecule has 0 aliphatic rings. The van der Waals surface area contributed by atoms with Gasteiger partial charge in [-0.1, -0.05) is 44.2 Å². The van der Waals surface area contributed by atoms with Crippen LogP contribution in [-0.4, -0.2) is 56.7 Å². The van der Waals surface area contributed by atoms with Gasteiger partial charge in [0.15, 0.2) is 23.0 Å². The number of ketones is 1. The topological polar surface area (TPSA) is 144 Å². The number of carbonyl (C=O) groups excluding carboxylic acids is 2. The Labute approximate surface area is 226 Å². The molecule has 0 unspecified atom stereocenters. The van der Waals surface area contributed by atoms with E-state index in [4.69, 9.17) is 5.73 Å². The van der Waals surface area contributed by atoms with Gasteiger partial charge in [0.05, 0.1) is 0 Å². The summed E-state index contributed by atoms with van der Waals surface area (Å²) >= 11 is 0. The number of hydrogen-bond acceptors (Lipinski definition) is 7. The highest BCUT2D eigenvalue weighted by Crippen LogP contribution is 2.26. The number of hydrogen-bond donors (Lipinski definition) is 5. The van der Waals surface area contributed by atoms with Gasteiger partial charge < -0.3 is 31.1 Å². The van der Waals surface area contributed by atoms with Crippen LogP contribution in [-0.2, 0) is 22.4 Å². The van der Waals surface area contributed by atoms with E-state index < -0.39 is 0 Å². The molecule has 2 rings (SSSR count). The van der Waals surface area contributed by atoms with Crippen molar-refractivity contribution < 1.29 is 30.0 Å². The van der Waals surface area contributed by atoms with Crippen LogP contribution in [0.3, 0.4) is 0 Å². The highest BCUT2D eigenvalue weighted by Gasteiger charge is 2.13. The quantitative estimate of drug-likeness (QED) is 0.128. The van der Waals surface area contributed by atoms with E-state index in [0.29, 0.717) is 51.7 Å². The Morgan fingerprint density at radius 1 is 0.605 bits per heavy atom. The number of benzene rings is 2. The van der Waals surface area contributed by atoms with Gasteiger partial charge in [0.1, 0.15) is 5.78 Å². The van der Waals surface area contributed by atoms with E-state index in [1.54, 1.807) is 12.1 Å². The third-order valence-electron chi connectivity index (χ3n) is 6.77. The lowest BCUT2D eigenvalue weighted by molar-refractivity contribution is -0.131. The lowest BCUT2D eigenvalue weighted by atomic mass is 10.0. The number of phenols is 4. The number of aromatic hydroxyl groups is 4. The predicted octanol–water partition coefficient (Wildman–Crippen LogP) is 4.94. The molecule has 0 spiro atoms. The SMILES string of the molecule is NCCCN(CCCCCCCCCC(=O)CCc1ccc(O)c(O)c1)C(=O)CCc1ccc(O)c(O)c1. The van der Waals surface area contributed by atoms with Gasteiger partial charge in [-0.25, -0.2) is 0 Å². The summed E-state index contributed by atoms with van der Waals surface area (Å²) in [5.41, 5.74) is 7.31. The third-order valence-corrected chi connectivity index (χ3v) is 6.77. The molecule has 8 heteroatoms. The molecule has 0 radical (unpaired) electrons. The fourth-order valence-electron chi connectivity index (χ4n) is 4.42. The Morgan fingerprint density at radius 2 is 1.11 bits per heavy atom. The molecule has 1 amide bonds. The summed E-state index contributed by atoms with van der Waals surface area (Å²) in [5, 5.41) is 38.0. The molecule has 0 saturated carbocycles. The van der Waals surface area contributed by atoms with Crippen molar-refractivity contribution in [3.05, 3.63) is 47.5 Å². The van der Waals surface area contributed by atoms with Crippen molar-refractivity contribution in [1.82, 2.24) is 4.90 Å². The van der Waals surface area contributed by atoms with Crippen LogP contribution in [0.15, 0.2) is 36.4 Å². The van der Waals surface area contributed by atoms with E-state index >= 15 is 0 Å². The van der Waals surface area contributed by atoms with Gasteiger partial charge in [-0.3, -0.25) is 9.59 Å². The zero-order chi connectivity index (χ0) is 27.8. The van der Waals surface area contributed by atoms with E-state index in [1.165, 1.54) is 24.3 Å². The van der Waals surface area contributed by atoms with Crippen LogP contribution in [0.5, 0.6) is 23.0 Å². The molecule has 210 valence electrons. The Balaban J connectivity index is 1.54. The highest BCUT2D eigenvalue weighted by atomic mass is 16.3. The molecule has 0 bridgehead atoms. The van der Waals surface area contributed by atoms with E-state index in [2.05, 4.69) is 0 Å². The summed E-state index contributed by atoms with van der Waals surface area (Å²) in [5.74, 6) is -0.337. The predicted molar refractivity (Wildman–Crippen MR) is 148 cm³/mol. The Hall–Kier alpha value is -3.26. The summed E-state index contributed by atoms with van der Waals surface area (Å²) in [7, 11) is 0. The van der Waals surface area contributed by atoms with Crippen LogP contribution in [0.4, 0.5) is 0 Å². The number of rotatable bonds is 19. The second-order valence-corrected chi connectivity index (χ2v) is 9.93. The molecule has 0 aliphatic carbocycles. The average molecular weight is 529 g/mol. The zero-order valence-electron chi connectivity index (χ0n) is 22.4. The first kappa shape index (κ1) is 31.0. The van der Waals surface area contributed by atoms with Gasteiger partial charge in [0.2, 0.25) is 5.91 Å². The molecule has 38 heavy (non-hydrogen) atoms.